The van der Waals surface area contributed by atoms with Gasteiger partial charge in [-0.25, -0.2) is 14.2 Å². The molecule has 2 aliphatic rings. The van der Waals surface area contributed by atoms with Crippen LogP contribution in [0.25, 0.3) is 11.0 Å². The Morgan fingerprint density at radius 2 is 1.64 bits per heavy atom. The van der Waals surface area contributed by atoms with E-state index in [-0.39, 0.29) is 5.57 Å². The zero-order valence-electron chi connectivity index (χ0n) is 15.9. The average Bonchev–Trinajstić information content (AvgIpc) is 2.96. The third kappa shape index (κ3) is 3.51. The predicted octanol–water partition coefficient (Wildman–Crippen LogP) is 2.74. The van der Waals surface area contributed by atoms with Crippen LogP contribution >= 0.6 is 0 Å². The molecule has 0 bridgehead atoms. The quantitative estimate of drug-likeness (QED) is 0.484. The molecule has 0 saturated carbocycles. The van der Waals surface area contributed by atoms with E-state index in [0.29, 0.717) is 16.7 Å². The Kier molecular flexibility index (Phi) is 4.66. The zero-order valence-corrected chi connectivity index (χ0v) is 15.9. The number of esters is 2. The molecule has 2 fully saturated rings. The maximum Gasteiger partial charge on any atom is 0.350 e. The molecular weight excluding hydrogens is 364 g/mol. The first-order chi connectivity index (χ1) is 13.4. The van der Waals surface area contributed by atoms with Crippen molar-refractivity contribution in [3.05, 3.63) is 23.9 Å². The van der Waals surface area contributed by atoms with E-state index in [0.717, 1.165) is 31.6 Å². The Hall–Kier alpha value is -3.10. The molecule has 0 radical (unpaired) electrons. The predicted molar refractivity (Wildman–Crippen MR) is 100 cm³/mol. The number of anilines is 2. The summed E-state index contributed by atoms with van der Waals surface area (Å²) in [5.41, 5.74) is 2.47. The van der Waals surface area contributed by atoms with Crippen LogP contribution in [0.5, 0.6) is 0 Å². The number of cyclic esters (lactones) is 2. The van der Waals surface area contributed by atoms with Crippen molar-refractivity contribution >= 4 is 34.3 Å². The number of hydrogen-bond acceptors (Lipinski definition) is 9. The molecule has 1 aromatic carbocycles. The minimum absolute atomic E-state index is 0.222. The van der Waals surface area contributed by atoms with Crippen LogP contribution in [-0.2, 0) is 19.1 Å². The van der Waals surface area contributed by atoms with Crippen molar-refractivity contribution < 1.29 is 23.7 Å². The minimum Gasteiger partial charge on any atom is -0.419 e. The largest absolute Gasteiger partial charge is 0.419 e. The van der Waals surface area contributed by atoms with Crippen LogP contribution in [0.2, 0.25) is 0 Å². The average molecular weight is 386 g/mol. The van der Waals surface area contributed by atoms with Gasteiger partial charge in [0.25, 0.3) is 5.79 Å². The van der Waals surface area contributed by atoms with E-state index in [1.54, 1.807) is 0 Å². The van der Waals surface area contributed by atoms with Crippen LogP contribution in [0, 0.1) is 0 Å². The van der Waals surface area contributed by atoms with E-state index >= 15 is 0 Å². The van der Waals surface area contributed by atoms with Gasteiger partial charge in [0.15, 0.2) is 16.6 Å². The molecule has 9 heteroatoms. The lowest BCUT2D eigenvalue weighted by Gasteiger charge is -2.29. The molecule has 0 spiro atoms. The third-order valence-corrected chi connectivity index (χ3v) is 4.83. The number of nitrogens with one attached hydrogen (secondary N) is 1. The zero-order chi connectivity index (χ0) is 19.7. The Morgan fingerprint density at radius 3 is 2.32 bits per heavy atom. The number of hydrogen-bond donors (Lipinski definition) is 1. The molecule has 3 heterocycles. The van der Waals surface area contributed by atoms with Gasteiger partial charge in [0.05, 0.1) is 11.4 Å². The summed E-state index contributed by atoms with van der Waals surface area (Å²) in [5, 5.41) is 11.0. The number of nitrogens with zero attached hydrogens (tertiary/aromatic N) is 3. The fourth-order valence-corrected chi connectivity index (χ4v) is 3.47. The van der Waals surface area contributed by atoms with Gasteiger partial charge in [0.2, 0.25) is 0 Å². The summed E-state index contributed by atoms with van der Waals surface area (Å²) in [7, 11) is 0. The van der Waals surface area contributed by atoms with Gasteiger partial charge in [-0.3, -0.25) is 0 Å². The molecule has 2 aliphatic heterocycles. The molecule has 0 atom stereocenters. The number of ether oxygens (including phenoxy) is 2. The standard InChI is InChI=1S/C19H22N4O5/c1-19(2)26-17(24)12(18(25)27-19)11-20-13-7-8-14(16-15(13)21-28-22-16)23-9-5-3-4-6-10-23/h7-8,11,20H,3-6,9-10H2,1-2H3. The fourth-order valence-electron chi connectivity index (χ4n) is 3.47. The highest BCUT2D eigenvalue weighted by atomic mass is 16.7. The normalized spacial score (nSPS) is 19.8. The van der Waals surface area contributed by atoms with Crippen molar-refractivity contribution in [1.29, 1.82) is 0 Å². The lowest BCUT2D eigenvalue weighted by molar-refractivity contribution is -0.222. The number of rotatable bonds is 3. The Labute approximate surface area is 161 Å². The number of benzene rings is 1. The Bertz CT molecular complexity index is 919. The fraction of sp³-hybridized carbons (Fsp3) is 0.474. The van der Waals surface area contributed by atoms with Crippen molar-refractivity contribution in [3.63, 3.8) is 0 Å². The molecule has 9 nitrogen and oxygen atoms in total. The molecular formula is C19H22N4O5. The van der Waals surface area contributed by atoms with E-state index in [1.807, 2.05) is 12.1 Å². The van der Waals surface area contributed by atoms with E-state index < -0.39 is 17.7 Å². The highest BCUT2D eigenvalue weighted by Crippen LogP contribution is 2.32. The first-order valence-electron chi connectivity index (χ1n) is 9.38. The first-order valence-corrected chi connectivity index (χ1v) is 9.38. The molecule has 148 valence electrons. The van der Waals surface area contributed by atoms with Gasteiger partial charge in [0.1, 0.15) is 0 Å². The van der Waals surface area contributed by atoms with E-state index in [9.17, 15) is 9.59 Å². The van der Waals surface area contributed by atoms with Crippen molar-refractivity contribution in [2.75, 3.05) is 23.3 Å². The Morgan fingerprint density at radius 1 is 1.00 bits per heavy atom. The van der Waals surface area contributed by atoms with Crippen LogP contribution in [0.3, 0.4) is 0 Å². The maximum atomic E-state index is 12.1. The summed E-state index contributed by atoms with van der Waals surface area (Å²) < 4.78 is 15.1. The molecule has 0 amide bonds. The van der Waals surface area contributed by atoms with E-state index in [1.165, 1.54) is 32.9 Å². The van der Waals surface area contributed by atoms with Gasteiger partial charge in [-0.15, -0.1) is 0 Å². The minimum atomic E-state index is -1.27. The van der Waals surface area contributed by atoms with E-state index in [4.69, 9.17) is 14.1 Å². The molecule has 4 rings (SSSR count). The van der Waals surface area contributed by atoms with Crippen molar-refractivity contribution in [2.45, 2.75) is 45.3 Å². The second kappa shape index (κ2) is 7.14. The molecule has 2 saturated heterocycles. The van der Waals surface area contributed by atoms with E-state index in [2.05, 4.69) is 20.5 Å². The Balaban J connectivity index is 1.60. The highest BCUT2D eigenvalue weighted by molar-refractivity contribution is 6.15. The van der Waals surface area contributed by atoms with Crippen molar-refractivity contribution in [3.8, 4) is 0 Å². The lowest BCUT2D eigenvalue weighted by atomic mass is 10.2. The number of fused-ring (bicyclic) bond motifs is 1. The van der Waals surface area contributed by atoms with Gasteiger partial charge < -0.3 is 19.7 Å². The van der Waals surface area contributed by atoms with Gasteiger partial charge in [0, 0.05) is 33.1 Å². The monoisotopic (exact) mass is 386 g/mol. The van der Waals surface area contributed by atoms with Crippen molar-refractivity contribution in [2.24, 2.45) is 0 Å². The van der Waals surface area contributed by atoms with Crippen LogP contribution in [0.1, 0.15) is 39.5 Å². The van der Waals surface area contributed by atoms with Gasteiger partial charge in [-0.2, -0.15) is 0 Å². The summed E-state index contributed by atoms with van der Waals surface area (Å²) in [6.07, 6.45) is 5.99. The SMILES string of the molecule is CC1(C)OC(=O)C(=CNc2ccc(N3CCCCCC3)c3nonc23)C(=O)O1. The molecule has 0 aliphatic carbocycles. The maximum absolute atomic E-state index is 12.1. The topological polar surface area (TPSA) is 107 Å². The lowest BCUT2D eigenvalue weighted by Crippen LogP contribution is -2.42. The van der Waals surface area contributed by atoms with Gasteiger partial charge >= 0.3 is 11.9 Å². The smallest absolute Gasteiger partial charge is 0.350 e. The highest BCUT2D eigenvalue weighted by Gasteiger charge is 2.39. The summed E-state index contributed by atoms with van der Waals surface area (Å²) in [6.45, 7) is 4.93. The second-order valence-corrected chi connectivity index (χ2v) is 7.38. The van der Waals surface area contributed by atoms with Crippen LogP contribution in [0.4, 0.5) is 11.4 Å². The van der Waals surface area contributed by atoms with Gasteiger partial charge in [-0.05, 0) is 35.3 Å². The molecule has 1 N–H and O–H groups in total. The summed E-state index contributed by atoms with van der Waals surface area (Å²) in [5.74, 6) is -2.77. The molecule has 2 aromatic rings. The van der Waals surface area contributed by atoms with Crippen LogP contribution in [-0.4, -0.2) is 41.1 Å². The first kappa shape index (κ1) is 18.3. The number of carbonyl (C=O) groups is 2. The van der Waals surface area contributed by atoms with Crippen LogP contribution < -0.4 is 10.2 Å². The summed E-state index contributed by atoms with van der Waals surface area (Å²) in [6, 6.07) is 3.77. The number of aromatic nitrogens is 2. The van der Waals surface area contributed by atoms with Crippen molar-refractivity contribution in [1.82, 2.24) is 10.3 Å². The second-order valence-electron chi connectivity index (χ2n) is 7.38. The molecule has 0 unspecified atom stereocenters. The van der Waals surface area contributed by atoms with Crippen LogP contribution in [0.15, 0.2) is 28.5 Å². The summed E-state index contributed by atoms with van der Waals surface area (Å²) in [4.78, 5) is 26.4. The molecule has 1 aromatic heterocycles. The summed E-state index contributed by atoms with van der Waals surface area (Å²) >= 11 is 0. The molecule has 28 heavy (non-hydrogen) atoms. The number of carbonyl (C=O) groups excluding carboxylic acids is 2. The van der Waals surface area contributed by atoms with Gasteiger partial charge in [-0.1, -0.05) is 12.8 Å². The third-order valence-electron chi connectivity index (χ3n) is 4.83.